The van der Waals surface area contributed by atoms with Crippen molar-refractivity contribution >= 4 is 49.1 Å². The van der Waals surface area contributed by atoms with Crippen molar-refractivity contribution in [2.45, 2.75) is 0 Å². The molecule has 3 rings (SSSR count). The van der Waals surface area contributed by atoms with Gasteiger partial charge in [0, 0.05) is 23.2 Å². The van der Waals surface area contributed by atoms with Gasteiger partial charge in [-0.3, -0.25) is 0 Å². The molecule has 0 aliphatic carbocycles. The number of carbonyl (C=O) groups is 1. The fraction of sp³-hybridized carbons (Fsp3) is 0.0833. The Morgan fingerprint density at radius 1 is 1.37 bits per heavy atom. The highest BCUT2D eigenvalue weighted by Gasteiger charge is 2.19. The number of hydrogen-bond acceptors (Lipinski definition) is 6. The number of nitrogens with zero attached hydrogens (tertiary/aromatic N) is 2. The van der Waals surface area contributed by atoms with Crippen LogP contribution in [-0.4, -0.2) is 28.2 Å². The van der Waals surface area contributed by atoms with Crippen molar-refractivity contribution in [3.8, 4) is 5.75 Å². The zero-order valence-electron chi connectivity index (χ0n) is 9.68. The summed E-state index contributed by atoms with van der Waals surface area (Å²) in [6.07, 6.45) is 3.11. The van der Waals surface area contributed by atoms with Gasteiger partial charge in [-0.1, -0.05) is 11.6 Å². The van der Waals surface area contributed by atoms with Gasteiger partial charge in [-0.05, 0) is 6.07 Å². The number of pyridine rings is 2. The van der Waals surface area contributed by atoms with Crippen LogP contribution in [-0.2, 0) is 4.74 Å². The molecule has 0 saturated carbocycles. The fourth-order valence-corrected chi connectivity index (χ4v) is 3.23. The standard InChI is InChI=1S/C12H7ClN2O3S/c1-18-12(17)7-8(16)9-6(4-15-7)5-2-3-14-11(13)10(5)19-9/h2-4,16H,1H3. The number of aromatic nitrogens is 2. The highest BCUT2D eigenvalue weighted by molar-refractivity contribution is 7.26. The molecule has 19 heavy (non-hydrogen) atoms. The molecule has 0 unspecified atom stereocenters. The summed E-state index contributed by atoms with van der Waals surface area (Å²) >= 11 is 7.28. The summed E-state index contributed by atoms with van der Waals surface area (Å²) in [4.78, 5) is 19.4. The molecule has 3 aromatic heterocycles. The zero-order chi connectivity index (χ0) is 13.6. The molecular formula is C12H7ClN2O3S. The Hall–Kier alpha value is -1.92. The molecule has 0 saturated heterocycles. The topological polar surface area (TPSA) is 72.3 Å². The Morgan fingerprint density at radius 2 is 2.16 bits per heavy atom. The van der Waals surface area contributed by atoms with Crippen molar-refractivity contribution in [1.82, 2.24) is 9.97 Å². The van der Waals surface area contributed by atoms with Gasteiger partial charge >= 0.3 is 5.97 Å². The third-order valence-electron chi connectivity index (χ3n) is 2.74. The summed E-state index contributed by atoms with van der Waals surface area (Å²) in [5.41, 5.74) is -0.106. The summed E-state index contributed by atoms with van der Waals surface area (Å²) in [5, 5.41) is 12.1. The Kier molecular flexibility index (Phi) is 2.76. The van der Waals surface area contributed by atoms with E-state index in [-0.39, 0.29) is 11.4 Å². The van der Waals surface area contributed by atoms with Crippen molar-refractivity contribution < 1.29 is 14.6 Å². The molecule has 0 spiro atoms. The largest absolute Gasteiger partial charge is 0.504 e. The number of hydrogen-bond donors (Lipinski definition) is 1. The zero-order valence-corrected chi connectivity index (χ0v) is 11.2. The first-order valence-corrected chi connectivity index (χ1v) is 6.46. The number of halogens is 1. The van der Waals surface area contributed by atoms with E-state index in [1.165, 1.54) is 24.6 Å². The molecule has 0 aromatic carbocycles. The van der Waals surface area contributed by atoms with Gasteiger partial charge < -0.3 is 9.84 Å². The predicted molar refractivity (Wildman–Crippen MR) is 72.9 cm³/mol. The van der Waals surface area contributed by atoms with Crippen LogP contribution in [0.5, 0.6) is 5.75 Å². The number of fused-ring (bicyclic) bond motifs is 3. The average molecular weight is 295 g/mol. The molecule has 3 heterocycles. The minimum atomic E-state index is -0.680. The van der Waals surface area contributed by atoms with Crippen molar-refractivity contribution in [2.75, 3.05) is 7.11 Å². The van der Waals surface area contributed by atoms with Gasteiger partial charge in [0.2, 0.25) is 0 Å². The Bertz CT molecular complexity index is 815. The second-order valence-corrected chi connectivity index (χ2v) is 5.15. The van der Waals surface area contributed by atoms with Gasteiger partial charge in [0.15, 0.2) is 11.4 Å². The van der Waals surface area contributed by atoms with E-state index in [4.69, 9.17) is 11.6 Å². The molecule has 3 aromatic rings. The number of esters is 1. The van der Waals surface area contributed by atoms with Crippen LogP contribution >= 0.6 is 22.9 Å². The van der Waals surface area contributed by atoms with Crippen LogP contribution < -0.4 is 0 Å². The Labute approximate surface area is 116 Å². The molecule has 0 aliphatic heterocycles. The van der Waals surface area contributed by atoms with E-state index in [0.29, 0.717) is 9.85 Å². The van der Waals surface area contributed by atoms with E-state index in [0.717, 1.165) is 15.5 Å². The normalized spacial score (nSPS) is 11.1. The quantitative estimate of drug-likeness (QED) is 0.552. The summed E-state index contributed by atoms with van der Waals surface area (Å²) in [6, 6.07) is 1.79. The van der Waals surface area contributed by atoms with Crippen molar-refractivity contribution in [2.24, 2.45) is 0 Å². The fourth-order valence-electron chi connectivity index (χ4n) is 1.86. The van der Waals surface area contributed by atoms with Gasteiger partial charge in [0.05, 0.1) is 16.5 Å². The van der Waals surface area contributed by atoms with Crippen molar-refractivity contribution in [1.29, 1.82) is 0 Å². The van der Waals surface area contributed by atoms with Crippen LogP contribution in [0.4, 0.5) is 0 Å². The van der Waals surface area contributed by atoms with Gasteiger partial charge in [-0.2, -0.15) is 0 Å². The van der Waals surface area contributed by atoms with Crippen LogP contribution in [0.3, 0.4) is 0 Å². The van der Waals surface area contributed by atoms with E-state index in [1.54, 1.807) is 12.3 Å². The lowest BCUT2D eigenvalue weighted by atomic mass is 10.2. The van der Waals surface area contributed by atoms with Gasteiger partial charge in [0.25, 0.3) is 0 Å². The number of ether oxygens (including phenoxy) is 1. The summed E-state index contributed by atoms with van der Waals surface area (Å²) in [5.74, 6) is -0.873. The number of methoxy groups -OCH3 is 1. The van der Waals surface area contributed by atoms with E-state index < -0.39 is 5.97 Å². The molecule has 7 heteroatoms. The SMILES string of the molecule is COC(=O)c1ncc2c(sc3c(Cl)nccc32)c1O. The maximum atomic E-state index is 11.5. The van der Waals surface area contributed by atoms with Crippen LogP contribution in [0.25, 0.3) is 20.2 Å². The molecule has 0 atom stereocenters. The van der Waals surface area contributed by atoms with E-state index >= 15 is 0 Å². The monoisotopic (exact) mass is 294 g/mol. The Balaban J connectivity index is 2.41. The first-order chi connectivity index (χ1) is 9.13. The van der Waals surface area contributed by atoms with E-state index in [9.17, 15) is 9.90 Å². The molecular weight excluding hydrogens is 288 g/mol. The summed E-state index contributed by atoms with van der Waals surface area (Å²) < 4.78 is 5.86. The molecule has 0 radical (unpaired) electrons. The first kappa shape index (κ1) is 12.1. The van der Waals surface area contributed by atoms with Crippen molar-refractivity contribution in [3.63, 3.8) is 0 Å². The second-order valence-electron chi connectivity index (χ2n) is 3.77. The van der Waals surface area contributed by atoms with Crippen molar-refractivity contribution in [3.05, 3.63) is 29.3 Å². The second kappa shape index (κ2) is 4.32. The average Bonchev–Trinajstić information content (AvgIpc) is 2.80. The van der Waals surface area contributed by atoms with Crippen LogP contribution in [0, 0.1) is 0 Å². The van der Waals surface area contributed by atoms with Crippen LogP contribution in [0.1, 0.15) is 10.5 Å². The molecule has 0 amide bonds. The third-order valence-corrected chi connectivity index (χ3v) is 4.37. The summed E-state index contributed by atoms with van der Waals surface area (Å²) in [6.45, 7) is 0. The van der Waals surface area contributed by atoms with E-state index in [2.05, 4.69) is 14.7 Å². The highest BCUT2D eigenvalue weighted by atomic mass is 35.5. The molecule has 5 nitrogen and oxygen atoms in total. The maximum absolute atomic E-state index is 11.5. The molecule has 0 aliphatic rings. The lowest BCUT2D eigenvalue weighted by molar-refractivity contribution is 0.0591. The predicted octanol–water partition coefficient (Wildman–Crippen LogP) is 2.99. The van der Waals surface area contributed by atoms with Gasteiger partial charge in [-0.25, -0.2) is 14.8 Å². The van der Waals surface area contributed by atoms with Crippen LogP contribution in [0.2, 0.25) is 5.15 Å². The van der Waals surface area contributed by atoms with E-state index in [1.807, 2.05) is 0 Å². The molecule has 1 N–H and O–H groups in total. The molecule has 0 bridgehead atoms. The number of aromatic hydroxyl groups is 1. The minimum Gasteiger partial charge on any atom is -0.504 e. The molecule has 96 valence electrons. The minimum absolute atomic E-state index is 0.106. The van der Waals surface area contributed by atoms with Crippen LogP contribution in [0.15, 0.2) is 18.5 Å². The highest BCUT2D eigenvalue weighted by Crippen LogP contribution is 2.41. The third kappa shape index (κ3) is 1.72. The number of carbonyl (C=O) groups excluding carboxylic acids is 1. The first-order valence-electron chi connectivity index (χ1n) is 5.26. The lowest BCUT2D eigenvalue weighted by Gasteiger charge is -2.01. The maximum Gasteiger partial charge on any atom is 0.360 e. The Morgan fingerprint density at radius 3 is 2.89 bits per heavy atom. The summed E-state index contributed by atoms with van der Waals surface area (Å²) in [7, 11) is 1.24. The smallest absolute Gasteiger partial charge is 0.360 e. The van der Waals surface area contributed by atoms with Gasteiger partial charge in [0.1, 0.15) is 5.15 Å². The number of rotatable bonds is 1. The number of thiophene rings is 1. The molecule has 0 fully saturated rings. The lowest BCUT2D eigenvalue weighted by Crippen LogP contribution is -2.04. The van der Waals surface area contributed by atoms with Gasteiger partial charge in [-0.15, -0.1) is 11.3 Å².